The third kappa shape index (κ3) is 2.04. The van der Waals surface area contributed by atoms with Crippen LogP contribution < -0.4 is 4.74 Å². The smallest absolute Gasteiger partial charge is 0.173 e. The number of ketones is 1. The summed E-state index contributed by atoms with van der Waals surface area (Å²) in [4.78, 5) is 12.9. The number of carbonyl (C=O) groups is 1. The fourth-order valence-electron chi connectivity index (χ4n) is 5.39. The average molecular weight is 344 g/mol. The highest BCUT2D eigenvalue weighted by atomic mass is 16.5. The minimum absolute atomic E-state index is 0.0165. The molecule has 1 heterocycles. The van der Waals surface area contributed by atoms with E-state index in [2.05, 4.69) is 20.8 Å². The first-order valence-electron chi connectivity index (χ1n) is 8.84. The van der Waals surface area contributed by atoms with E-state index in [4.69, 9.17) is 4.74 Å². The molecule has 5 nitrogen and oxygen atoms in total. The third-order valence-electron chi connectivity index (χ3n) is 6.58. The van der Waals surface area contributed by atoms with Crippen LogP contribution >= 0.6 is 0 Å². The van der Waals surface area contributed by atoms with E-state index in [9.17, 15) is 20.1 Å². The Balaban J connectivity index is 2.04. The van der Waals surface area contributed by atoms with Crippen LogP contribution in [0.5, 0.6) is 17.2 Å². The second-order valence-electron chi connectivity index (χ2n) is 8.55. The summed E-state index contributed by atoms with van der Waals surface area (Å²) in [7, 11) is 0. The van der Waals surface area contributed by atoms with Gasteiger partial charge in [-0.3, -0.25) is 4.79 Å². The van der Waals surface area contributed by atoms with Gasteiger partial charge in [0.05, 0.1) is 11.1 Å². The maximum absolute atomic E-state index is 12.9. The monoisotopic (exact) mass is 344 g/mol. The number of benzene rings is 1. The molecule has 1 aromatic rings. The summed E-state index contributed by atoms with van der Waals surface area (Å²) in [5, 5.41) is 31.5. The summed E-state index contributed by atoms with van der Waals surface area (Å²) < 4.78 is 5.49. The number of carbonyl (C=O) groups excluding carboxylic acids is 1. The van der Waals surface area contributed by atoms with E-state index in [0.717, 1.165) is 19.3 Å². The maximum Gasteiger partial charge on any atom is 0.173 e. The molecule has 1 aliphatic heterocycles. The lowest BCUT2D eigenvalue weighted by Gasteiger charge is -2.54. The van der Waals surface area contributed by atoms with Crippen LogP contribution in [0.15, 0.2) is 5.76 Å². The molecule has 1 fully saturated rings. The zero-order valence-corrected chi connectivity index (χ0v) is 14.8. The first-order chi connectivity index (χ1) is 11.7. The topological polar surface area (TPSA) is 87.0 Å². The second-order valence-corrected chi connectivity index (χ2v) is 8.55. The number of rotatable bonds is 0. The zero-order valence-electron chi connectivity index (χ0n) is 14.8. The summed E-state index contributed by atoms with van der Waals surface area (Å²) in [5.41, 5.74) is 0.492. The third-order valence-corrected chi connectivity index (χ3v) is 6.58. The zero-order chi connectivity index (χ0) is 18.1. The van der Waals surface area contributed by atoms with Crippen LogP contribution in [0, 0.1) is 11.3 Å². The first kappa shape index (κ1) is 16.3. The second kappa shape index (κ2) is 4.93. The predicted molar refractivity (Wildman–Crippen MR) is 93.3 cm³/mol. The Kier molecular flexibility index (Phi) is 3.22. The van der Waals surface area contributed by atoms with Gasteiger partial charge in [-0.05, 0) is 30.3 Å². The van der Waals surface area contributed by atoms with Crippen LogP contribution in [0.4, 0.5) is 0 Å². The van der Waals surface area contributed by atoms with Crippen molar-refractivity contribution in [3.63, 3.8) is 0 Å². The van der Waals surface area contributed by atoms with Gasteiger partial charge >= 0.3 is 0 Å². The van der Waals surface area contributed by atoms with Crippen molar-refractivity contribution < 1.29 is 24.9 Å². The quantitative estimate of drug-likeness (QED) is 0.618. The summed E-state index contributed by atoms with van der Waals surface area (Å²) in [6.45, 7) is 6.39. The van der Waals surface area contributed by atoms with Gasteiger partial charge in [0.15, 0.2) is 17.3 Å². The molecule has 3 aliphatic rings. The predicted octanol–water partition coefficient (Wildman–Crippen LogP) is 4.06. The molecule has 2 unspecified atom stereocenters. The van der Waals surface area contributed by atoms with Gasteiger partial charge in [-0.1, -0.05) is 27.2 Å². The molecule has 5 heteroatoms. The number of fused-ring (bicyclic) bond motifs is 4. The van der Waals surface area contributed by atoms with E-state index in [0.29, 0.717) is 12.0 Å². The molecular weight excluding hydrogens is 320 g/mol. The highest BCUT2D eigenvalue weighted by Crippen LogP contribution is 2.62. The highest BCUT2D eigenvalue weighted by molar-refractivity contribution is 6.04. The van der Waals surface area contributed by atoms with Crippen LogP contribution in [-0.2, 0) is 5.41 Å². The van der Waals surface area contributed by atoms with E-state index in [1.54, 1.807) is 0 Å². The van der Waals surface area contributed by atoms with Gasteiger partial charge in [-0.15, -0.1) is 0 Å². The van der Waals surface area contributed by atoms with Crippen LogP contribution in [0.2, 0.25) is 0 Å². The fourth-order valence-corrected chi connectivity index (χ4v) is 5.39. The SMILES string of the molecule is CC1(C)CCCC2(C)c3c(O)c4c(c(O)c3C(=O)CC12)C=C(O)CO4. The number of Topliss-reactive ketones (excluding diaryl/α,β-unsaturated/α-hetero) is 1. The number of aliphatic hydroxyl groups is 1. The first-order valence-corrected chi connectivity index (χ1v) is 8.84. The normalized spacial score (nSPS) is 29.8. The van der Waals surface area contributed by atoms with Crippen LogP contribution in [-0.4, -0.2) is 27.7 Å². The lowest BCUT2D eigenvalue weighted by atomic mass is 9.50. The molecule has 2 aliphatic carbocycles. The Bertz CT molecular complexity index is 820. The molecule has 0 amide bonds. The van der Waals surface area contributed by atoms with Gasteiger partial charge in [0.25, 0.3) is 0 Å². The van der Waals surface area contributed by atoms with Crippen molar-refractivity contribution in [3.05, 3.63) is 22.4 Å². The largest absolute Gasteiger partial charge is 0.509 e. The van der Waals surface area contributed by atoms with E-state index in [1.807, 2.05) is 0 Å². The average Bonchev–Trinajstić information content (AvgIpc) is 2.53. The Labute approximate surface area is 146 Å². The molecule has 2 atom stereocenters. The number of ether oxygens (including phenoxy) is 1. The van der Waals surface area contributed by atoms with Crippen LogP contribution in [0.3, 0.4) is 0 Å². The molecule has 1 aromatic carbocycles. The Morgan fingerprint density at radius 1 is 1.12 bits per heavy atom. The van der Waals surface area contributed by atoms with E-state index in [1.165, 1.54) is 6.08 Å². The minimum atomic E-state index is -0.395. The molecule has 3 N–H and O–H groups in total. The van der Waals surface area contributed by atoms with Crippen molar-refractivity contribution in [3.8, 4) is 17.2 Å². The van der Waals surface area contributed by atoms with Gasteiger partial charge < -0.3 is 20.1 Å². The van der Waals surface area contributed by atoms with Crippen molar-refractivity contribution in [1.29, 1.82) is 0 Å². The number of hydrogen-bond donors (Lipinski definition) is 3. The summed E-state index contributed by atoms with van der Waals surface area (Å²) in [6, 6.07) is 0. The molecule has 0 radical (unpaired) electrons. The van der Waals surface area contributed by atoms with Gasteiger partial charge in [-0.2, -0.15) is 0 Å². The summed E-state index contributed by atoms with van der Waals surface area (Å²) in [5.74, 6) is -0.196. The van der Waals surface area contributed by atoms with Crippen molar-refractivity contribution in [2.75, 3.05) is 6.61 Å². The number of hydrogen-bond acceptors (Lipinski definition) is 5. The van der Waals surface area contributed by atoms with Crippen molar-refractivity contribution in [2.45, 2.75) is 51.9 Å². The van der Waals surface area contributed by atoms with Crippen LogP contribution in [0.25, 0.3) is 6.08 Å². The molecule has 0 bridgehead atoms. The Hall–Kier alpha value is -2.17. The number of aliphatic hydroxyl groups excluding tert-OH is 1. The molecule has 25 heavy (non-hydrogen) atoms. The Morgan fingerprint density at radius 3 is 2.56 bits per heavy atom. The number of aromatic hydroxyl groups is 2. The van der Waals surface area contributed by atoms with Gasteiger partial charge in [-0.25, -0.2) is 0 Å². The molecule has 0 aromatic heterocycles. The standard InChI is InChI=1S/C20H24O5/c1-19(2)5-4-6-20(3)13(19)8-12(22)14-15(20)17(24)18-11(16(14)23)7-10(21)9-25-18/h7,13,21,23-24H,4-6,8-9H2,1-3H3. The molecule has 0 spiro atoms. The maximum atomic E-state index is 12.9. The van der Waals surface area contributed by atoms with Gasteiger partial charge in [0, 0.05) is 17.4 Å². The number of phenols is 2. The van der Waals surface area contributed by atoms with Crippen molar-refractivity contribution in [2.24, 2.45) is 11.3 Å². The molecular formula is C20H24O5. The van der Waals surface area contributed by atoms with Gasteiger partial charge in [0.2, 0.25) is 0 Å². The van der Waals surface area contributed by atoms with Crippen molar-refractivity contribution >= 4 is 11.9 Å². The van der Waals surface area contributed by atoms with E-state index in [-0.39, 0.29) is 57.9 Å². The molecule has 134 valence electrons. The van der Waals surface area contributed by atoms with Crippen molar-refractivity contribution in [1.82, 2.24) is 0 Å². The van der Waals surface area contributed by atoms with Gasteiger partial charge in [0.1, 0.15) is 18.1 Å². The molecule has 0 saturated heterocycles. The number of phenolic OH excluding ortho intramolecular Hbond substituents is 2. The Morgan fingerprint density at radius 2 is 1.84 bits per heavy atom. The highest BCUT2D eigenvalue weighted by Gasteiger charge is 2.54. The van der Waals surface area contributed by atoms with E-state index >= 15 is 0 Å². The molecule has 1 saturated carbocycles. The fraction of sp³-hybridized carbons (Fsp3) is 0.550. The lowest BCUT2D eigenvalue weighted by Crippen LogP contribution is -2.49. The van der Waals surface area contributed by atoms with Crippen LogP contribution in [0.1, 0.15) is 67.9 Å². The van der Waals surface area contributed by atoms with E-state index < -0.39 is 5.41 Å². The lowest BCUT2D eigenvalue weighted by molar-refractivity contribution is 0.0350. The summed E-state index contributed by atoms with van der Waals surface area (Å²) >= 11 is 0. The minimum Gasteiger partial charge on any atom is -0.509 e. The summed E-state index contributed by atoms with van der Waals surface area (Å²) in [6.07, 6.45) is 4.63. The molecule has 4 rings (SSSR count).